The third kappa shape index (κ3) is 2.55. The fraction of sp³-hybridized carbons (Fsp3) is 0.571. The standard InChI is InChI=1S/C14H21NO2/c1-3-16-13-7-8-14(17-4-2)12-9-10(15)5-6-11(12)13/h7-8,10H,3-6,9,15H2,1-2H3/t10-/m0/s1. The molecule has 1 aliphatic rings. The Morgan fingerprint density at radius 3 is 2.29 bits per heavy atom. The quantitative estimate of drug-likeness (QED) is 0.871. The molecule has 1 aromatic carbocycles. The Morgan fingerprint density at radius 2 is 1.71 bits per heavy atom. The van der Waals surface area contributed by atoms with Crippen LogP contribution in [0.4, 0.5) is 0 Å². The molecule has 0 fully saturated rings. The zero-order valence-corrected chi connectivity index (χ0v) is 10.7. The van der Waals surface area contributed by atoms with Gasteiger partial charge in [-0.05, 0) is 45.2 Å². The molecule has 0 saturated heterocycles. The molecule has 0 amide bonds. The van der Waals surface area contributed by atoms with Crippen molar-refractivity contribution in [3.8, 4) is 11.5 Å². The number of rotatable bonds is 4. The minimum absolute atomic E-state index is 0.249. The van der Waals surface area contributed by atoms with Crippen LogP contribution in [0.1, 0.15) is 31.4 Å². The lowest BCUT2D eigenvalue weighted by Crippen LogP contribution is -2.28. The molecule has 0 spiro atoms. The van der Waals surface area contributed by atoms with Crippen molar-refractivity contribution in [1.29, 1.82) is 0 Å². The minimum atomic E-state index is 0.249. The first kappa shape index (κ1) is 12.2. The van der Waals surface area contributed by atoms with Crippen LogP contribution in [0.25, 0.3) is 0 Å². The van der Waals surface area contributed by atoms with E-state index < -0.39 is 0 Å². The number of ether oxygens (including phenoxy) is 2. The summed E-state index contributed by atoms with van der Waals surface area (Å²) in [6, 6.07) is 4.27. The third-order valence-electron chi connectivity index (χ3n) is 3.18. The Balaban J connectivity index is 2.39. The first-order chi connectivity index (χ1) is 8.26. The number of nitrogens with two attached hydrogens (primary N) is 1. The lowest BCUT2D eigenvalue weighted by molar-refractivity contribution is 0.319. The predicted molar refractivity (Wildman–Crippen MR) is 68.8 cm³/mol. The van der Waals surface area contributed by atoms with Crippen molar-refractivity contribution in [2.75, 3.05) is 13.2 Å². The van der Waals surface area contributed by atoms with Gasteiger partial charge in [0.1, 0.15) is 11.5 Å². The summed E-state index contributed by atoms with van der Waals surface area (Å²) in [6.45, 7) is 5.41. The molecule has 94 valence electrons. The Bertz CT molecular complexity index is 390. The van der Waals surface area contributed by atoms with E-state index in [9.17, 15) is 0 Å². The first-order valence-electron chi connectivity index (χ1n) is 6.42. The zero-order valence-electron chi connectivity index (χ0n) is 10.7. The maximum absolute atomic E-state index is 6.04. The van der Waals surface area contributed by atoms with E-state index in [1.807, 2.05) is 26.0 Å². The molecular formula is C14H21NO2. The monoisotopic (exact) mass is 235 g/mol. The first-order valence-corrected chi connectivity index (χ1v) is 6.42. The molecule has 3 nitrogen and oxygen atoms in total. The van der Waals surface area contributed by atoms with Crippen molar-refractivity contribution in [3.05, 3.63) is 23.3 Å². The highest BCUT2D eigenvalue weighted by Crippen LogP contribution is 2.35. The van der Waals surface area contributed by atoms with Crippen LogP contribution in [-0.4, -0.2) is 19.3 Å². The summed E-state index contributed by atoms with van der Waals surface area (Å²) < 4.78 is 11.4. The van der Waals surface area contributed by atoms with Gasteiger partial charge >= 0.3 is 0 Å². The van der Waals surface area contributed by atoms with E-state index in [1.165, 1.54) is 11.1 Å². The molecule has 0 aromatic heterocycles. The number of hydrogen-bond acceptors (Lipinski definition) is 3. The number of benzene rings is 1. The lowest BCUT2D eigenvalue weighted by Gasteiger charge is -2.25. The molecule has 1 aliphatic carbocycles. The summed E-state index contributed by atoms with van der Waals surface area (Å²) in [5.74, 6) is 1.97. The highest BCUT2D eigenvalue weighted by molar-refractivity contribution is 5.50. The topological polar surface area (TPSA) is 44.5 Å². The van der Waals surface area contributed by atoms with Gasteiger partial charge in [0.25, 0.3) is 0 Å². The van der Waals surface area contributed by atoms with Gasteiger partial charge in [-0.25, -0.2) is 0 Å². The maximum atomic E-state index is 6.04. The Kier molecular flexibility index (Phi) is 3.89. The van der Waals surface area contributed by atoms with Crippen LogP contribution >= 0.6 is 0 Å². The summed E-state index contributed by atoms with van der Waals surface area (Å²) >= 11 is 0. The van der Waals surface area contributed by atoms with Crippen molar-refractivity contribution in [1.82, 2.24) is 0 Å². The summed E-state index contributed by atoms with van der Waals surface area (Å²) in [7, 11) is 0. The summed E-state index contributed by atoms with van der Waals surface area (Å²) in [5, 5.41) is 0. The normalized spacial score (nSPS) is 18.6. The largest absolute Gasteiger partial charge is 0.494 e. The second-order valence-electron chi connectivity index (χ2n) is 4.39. The molecule has 0 heterocycles. The van der Waals surface area contributed by atoms with E-state index in [-0.39, 0.29) is 6.04 Å². The summed E-state index contributed by atoms with van der Waals surface area (Å²) in [5.41, 5.74) is 8.58. The average Bonchev–Trinajstić information content (AvgIpc) is 2.32. The van der Waals surface area contributed by atoms with Crippen molar-refractivity contribution in [3.63, 3.8) is 0 Å². The van der Waals surface area contributed by atoms with Crippen molar-refractivity contribution < 1.29 is 9.47 Å². The van der Waals surface area contributed by atoms with Crippen LogP contribution in [0.15, 0.2) is 12.1 Å². The highest BCUT2D eigenvalue weighted by Gasteiger charge is 2.22. The van der Waals surface area contributed by atoms with E-state index in [1.54, 1.807) is 0 Å². The smallest absolute Gasteiger partial charge is 0.123 e. The van der Waals surface area contributed by atoms with Crippen LogP contribution < -0.4 is 15.2 Å². The van der Waals surface area contributed by atoms with Crippen LogP contribution in [0.5, 0.6) is 11.5 Å². The molecule has 3 heteroatoms. The molecule has 0 bridgehead atoms. The molecule has 0 aliphatic heterocycles. The molecule has 2 rings (SSSR count). The Morgan fingerprint density at radius 1 is 1.12 bits per heavy atom. The van der Waals surface area contributed by atoms with Crippen molar-refractivity contribution in [2.45, 2.75) is 39.2 Å². The van der Waals surface area contributed by atoms with Crippen LogP contribution in [0.2, 0.25) is 0 Å². The minimum Gasteiger partial charge on any atom is -0.494 e. The van der Waals surface area contributed by atoms with Gasteiger partial charge < -0.3 is 15.2 Å². The zero-order chi connectivity index (χ0) is 12.3. The third-order valence-corrected chi connectivity index (χ3v) is 3.18. The van der Waals surface area contributed by atoms with Gasteiger partial charge in [0.15, 0.2) is 0 Å². The second-order valence-corrected chi connectivity index (χ2v) is 4.39. The maximum Gasteiger partial charge on any atom is 0.123 e. The van der Waals surface area contributed by atoms with Crippen molar-refractivity contribution in [2.24, 2.45) is 5.73 Å². The highest BCUT2D eigenvalue weighted by atomic mass is 16.5. The number of hydrogen-bond donors (Lipinski definition) is 1. The van der Waals surface area contributed by atoms with Gasteiger partial charge in [-0.3, -0.25) is 0 Å². The molecule has 1 aromatic rings. The Hall–Kier alpha value is -1.22. The van der Waals surface area contributed by atoms with Gasteiger partial charge in [-0.1, -0.05) is 0 Å². The van der Waals surface area contributed by atoms with E-state index in [0.717, 1.165) is 30.8 Å². The molecule has 0 unspecified atom stereocenters. The van der Waals surface area contributed by atoms with E-state index in [4.69, 9.17) is 15.2 Å². The van der Waals surface area contributed by atoms with E-state index in [2.05, 4.69) is 0 Å². The summed E-state index contributed by atoms with van der Waals surface area (Å²) in [4.78, 5) is 0. The molecule has 1 atom stereocenters. The SMILES string of the molecule is CCOc1ccc(OCC)c2c1CC[C@H](N)C2. The molecule has 0 radical (unpaired) electrons. The van der Waals surface area contributed by atoms with Crippen molar-refractivity contribution >= 4 is 0 Å². The lowest BCUT2D eigenvalue weighted by atomic mass is 9.87. The van der Waals surface area contributed by atoms with Crippen LogP contribution in [0.3, 0.4) is 0 Å². The molecule has 2 N–H and O–H groups in total. The molecular weight excluding hydrogens is 214 g/mol. The van der Waals surface area contributed by atoms with Gasteiger partial charge in [-0.2, -0.15) is 0 Å². The van der Waals surface area contributed by atoms with Gasteiger partial charge in [-0.15, -0.1) is 0 Å². The second kappa shape index (κ2) is 5.41. The summed E-state index contributed by atoms with van der Waals surface area (Å²) in [6.07, 6.45) is 2.92. The fourth-order valence-corrected chi connectivity index (χ4v) is 2.42. The number of fused-ring (bicyclic) bond motifs is 1. The van der Waals surface area contributed by atoms with Gasteiger partial charge in [0.05, 0.1) is 13.2 Å². The van der Waals surface area contributed by atoms with Crippen LogP contribution in [0, 0.1) is 0 Å². The van der Waals surface area contributed by atoms with Crippen LogP contribution in [-0.2, 0) is 12.8 Å². The van der Waals surface area contributed by atoms with E-state index in [0.29, 0.717) is 13.2 Å². The Labute approximate surface area is 103 Å². The van der Waals surface area contributed by atoms with E-state index >= 15 is 0 Å². The van der Waals surface area contributed by atoms with Gasteiger partial charge in [0.2, 0.25) is 0 Å². The van der Waals surface area contributed by atoms with Gasteiger partial charge in [0, 0.05) is 17.2 Å². The predicted octanol–water partition coefficient (Wildman–Crippen LogP) is 2.30. The average molecular weight is 235 g/mol. The molecule has 17 heavy (non-hydrogen) atoms. The fourth-order valence-electron chi connectivity index (χ4n) is 2.42. The molecule has 0 saturated carbocycles.